The van der Waals surface area contributed by atoms with Gasteiger partial charge in [-0.2, -0.15) is 0 Å². The minimum absolute atomic E-state index is 0.121. The van der Waals surface area contributed by atoms with Gasteiger partial charge in [-0.25, -0.2) is 0 Å². The molecule has 0 amide bonds. The third-order valence-electron chi connectivity index (χ3n) is 2.25. The van der Waals surface area contributed by atoms with Crippen LogP contribution in [0.3, 0.4) is 0 Å². The lowest BCUT2D eigenvalue weighted by Crippen LogP contribution is -2.17. The summed E-state index contributed by atoms with van der Waals surface area (Å²) in [5.41, 5.74) is 0.981. The first kappa shape index (κ1) is 13.2. The molecular formula is C13H16O4. The summed E-state index contributed by atoms with van der Waals surface area (Å²) < 4.78 is 9.92. The summed E-state index contributed by atoms with van der Waals surface area (Å²) in [6.07, 6.45) is 0. The van der Waals surface area contributed by atoms with Crippen molar-refractivity contribution in [3.8, 4) is 0 Å². The lowest BCUT2D eigenvalue weighted by Gasteiger charge is -2.16. The standard InChI is InChI=1S/C13H16O4/c1-10(14)16-8-13(9-17-11(2)15)12-6-4-3-5-7-12/h3-7,13H,8-9H2,1-2H3. The molecular weight excluding hydrogens is 220 g/mol. The molecule has 1 aromatic rings. The number of carbonyl (C=O) groups is 2. The second kappa shape index (κ2) is 6.68. The molecule has 0 unspecified atom stereocenters. The summed E-state index contributed by atoms with van der Waals surface area (Å²) in [4.78, 5) is 21.6. The molecule has 0 atom stereocenters. The number of hydrogen-bond acceptors (Lipinski definition) is 4. The molecule has 0 spiro atoms. The number of rotatable bonds is 5. The predicted molar refractivity (Wildman–Crippen MR) is 62.4 cm³/mol. The Hall–Kier alpha value is -1.84. The molecule has 0 aromatic heterocycles. The van der Waals surface area contributed by atoms with Crippen LogP contribution in [0.25, 0.3) is 0 Å². The van der Waals surface area contributed by atoms with E-state index in [1.807, 2.05) is 30.3 Å². The largest absolute Gasteiger partial charge is 0.465 e. The second-order valence-electron chi connectivity index (χ2n) is 3.71. The number of carbonyl (C=O) groups excluding carboxylic acids is 2. The van der Waals surface area contributed by atoms with E-state index in [1.165, 1.54) is 13.8 Å². The van der Waals surface area contributed by atoms with Crippen LogP contribution < -0.4 is 0 Å². The Labute approximate surface area is 101 Å². The Morgan fingerprint density at radius 3 is 1.88 bits per heavy atom. The van der Waals surface area contributed by atoms with Crippen molar-refractivity contribution in [2.75, 3.05) is 13.2 Å². The molecule has 4 heteroatoms. The summed E-state index contributed by atoms with van der Waals surface area (Å²) in [6, 6.07) is 9.52. The number of hydrogen-bond donors (Lipinski definition) is 0. The van der Waals surface area contributed by atoms with Crippen LogP contribution in [0.15, 0.2) is 30.3 Å². The molecule has 0 fully saturated rings. The maximum atomic E-state index is 10.8. The molecule has 17 heavy (non-hydrogen) atoms. The Bertz CT molecular complexity index is 354. The van der Waals surface area contributed by atoms with Gasteiger partial charge in [0.25, 0.3) is 0 Å². The van der Waals surface area contributed by atoms with E-state index in [0.717, 1.165) is 5.56 Å². The van der Waals surface area contributed by atoms with E-state index in [-0.39, 0.29) is 31.1 Å². The third-order valence-corrected chi connectivity index (χ3v) is 2.25. The van der Waals surface area contributed by atoms with E-state index in [4.69, 9.17) is 9.47 Å². The van der Waals surface area contributed by atoms with Gasteiger partial charge in [0, 0.05) is 13.8 Å². The van der Waals surface area contributed by atoms with Crippen molar-refractivity contribution in [3.05, 3.63) is 35.9 Å². The van der Waals surface area contributed by atoms with Gasteiger partial charge >= 0.3 is 11.9 Å². The highest BCUT2D eigenvalue weighted by atomic mass is 16.5. The van der Waals surface area contributed by atoms with Gasteiger partial charge in [0.05, 0.1) is 5.92 Å². The van der Waals surface area contributed by atoms with Crippen LogP contribution in [0.4, 0.5) is 0 Å². The van der Waals surface area contributed by atoms with Gasteiger partial charge in [-0.15, -0.1) is 0 Å². The van der Waals surface area contributed by atoms with Crippen LogP contribution >= 0.6 is 0 Å². The maximum absolute atomic E-state index is 10.8. The minimum Gasteiger partial charge on any atom is -0.465 e. The van der Waals surface area contributed by atoms with Gasteiger partial charge in [-0.3, -0.25) is 9.59 Å². The molecule has 4 nitrogen and oxygen atoms in total. The van der Waals surface area contributed by atoms with E-state index in [2.05, 4.69) is 0 Å². The fraction of sp³-hybridized carbons (Fsp3) is 0.385. The summed E-state index contributed by atoms with van der Waals surface area (Å²) in [6.45, 7) is 3.14. The lowest BCUT2D eigenvalue weighted by atomic mass is 10.0. The summed E-state index contributed by atoms with van der Waals surface area (Å²) in [5, 5.41) is 0. The molecule has 0 saturated heterocycles. The van der Waals surface area contributed by atoms with E-state index in [1.54, 1.807) is 0 Å². The Balaban J connectivity index is 2.64. The lowest BCUT2D eigenvalue weighted by molar-refractivity contribution is -0.144. The van der Waals surface area contributed by atoms with Gasteiger partial charge < -0.3 is 9.47 Å². The van der Waals surface area contributed by atoms with Crippen LogP contribution in [0.1, 0.15) is 25.3 Å². The Morgan fingerprint density at radius 2 is 1.47 bits per heavy atom. The first-order chi connectivity index (χ1) is 8.09. The predicted octanol–water partition coefficient (Wildman–Crippen LogP) is 1.90. The molecule has 0 heterocycles. The molecule has 0 N–H and O–H groups in total. The first-order valence-electron chi connectivity index (χ1n) is 5.41. The van der Waals surface area contributed by atoms with Crippen molar-refractivity contribution in [1.82, 2.24) is 0 Å². The number of esters is 2. The maximum Gasteiger partial charge on any atom is 0.302 e. The molecule has 0 aliphatic rings. The van der Waals surface area contributed by atoms with Crippen molar-refractivity contribution < 1.29 is 19.1 Å². The number of benzene rings is 1. The average Bonchev–Trinajstić information content (AvgIpc) is 2.29. The Morgan fingerprint density at radius 1 is 1.00 bits per heavy atom. The fourth-order valence-electron chi connectivity index (χ4n) is 1.40. The van der Waals surface area contributed by atoms with Gasteiger partial charge in [0.15, 0.2) is 0 Å². The summed E-state index contributed by atoms with van der Waals surface area (Å²) >= 11 is 0. The molecule has 0 aliphatic heterocycles. The van der Waals surface area contributed by atoms with Gasteiger partial charge in [-0.1, -0.05) is 30.3 Å². The van der Waals surface area contributed by atoms with Crippen LogP contribution in [0.5, 0.6) is 0 Å². The van der Waals surface area contributed by atoms with Gasteiger partial charge in [-0.05, 0) is 5.56 Å². The fourth-order valence-corrected chi connectivity index (χ4v) is 1.40. The molecule has 0 bridgehead atoms. The minimum atomic E-state index is -0.339. The smallest absolute Gasteiger partial charge is 0.302 e. The second-order valence-corrected chi connectivity index (χ2v) is 3.71. The zero-order valence-corrected chi connectivity index (χ0v) is 10.0. The highest BCUT2D eigenvalue weighted by molar-refractivity contribution is 5.66. The van der Waals surface area contributed by atoms with Crippen molar-refractivity contribution in [2.24, 2.45) is 0 Å². The molecule has 0 aliphatic carbocycles. The molecule has 1 aromatic carbocycles. The van der Waals surface area contributed by atoms with Crippen LogP contribution in [0.2, 0.25) is 0 Å². The summed E-state index contributed by atoms with van der Waals surface area (Å²) in [5.74, 6) is -0.800. The van der Waals surface area contributed by atoms with E-state index >= 15 is 0 Å². The zero-order valence-electron chi connectivity index (χ0n) is 10.0. The van der Waals surface area contributed by atoms with Crippen LogP contribution in [0, 0.1) is 0 Å². The first-order valence-corrected chi connectivity index (χ1v) is 5.41. The van der Waals surface area contributed by atoms with E-state index < -0.39 is 0 Å². The van der Waals surface area contributed by atoms with Crippen molar-refractivity contribution in [1.29, 1.82) is 0 Å². The SMILES string of the molecule is CC(=O)OCC(COC(C)=O)c1ccccc1. The van der Waals surface area contributed by atoms with Gasteiger partial charge in [0.2, 0.25) is 0 Å². The van der Waals surface area contributed by atoms with Crippen molar-refractivity contribution in [2.45, 2.75) is 19.8 Å². The topological polar surface area (TPSA) is 52.6 Å². The van der Waals surface area contributed by atoms with Crippen molar-refractivity contribution >= 4 is 11.9 Å². The Kier molecular flexibility index (Phi) is 5.20. The molecule has 92 valence electrons. The summed E-state index contributed by atoms with van der Waals surface area (Å²) in [7, 11) is 0. The molecule has 0 radical (unpaired) electrons. The van der Waals surface area contributed by atoms with E-state index in [9.17, 15) is 9.59 Å². The highest BCUT2D eigenvalue weighted by Gasteiger charge is 2.14. The molecule has 0 saturated carbocycles. The number of ether oxygens (including phenoxy) is 2. The van der Waals surface area contributed by atoms with Gasteiger partial charge in [0.1, 0.15) is 13.2 Å². The monoisotopic (exact) mass is 236 g/mol. The third kappa shape index (κ3) is 5.15. The molecule has 1 rings (SSSR count). The normalized spacial score (nSPS) is 10.1. The van der Waals surface area contributed by atoms with Crippen molar-refractivity contribution in [3.63, 3.8) is 0 Å². The van der Waals surface area contributed by atoms with Crippen LogP contribution in [-0.2, 0) is 19.1 Å². The average molecular weight is 236 g/mol. The quantitative estimate of drug-likeness (QED) is 0.733. The highest BCUT2D eigenvalue weighted by Crippen LogP contribution is 2.16. The van der Waals surface area contributed by atoms with E-state index in [0.29, 0.717) is 0 Å². The zero-order chi connectivity index (χ0) is 12.7. The van der Waals surface area contributed by atoms with Crippen LogP contribution in [-0.4, -0.2) is 25.2 Å².